The van der Waals surface area contributed by atoms with Crippen LogP contribution in [0.1, 0.15) is 25.0 Å². The molecule has 0 atom stereocenters. The third-order valence-corrected chi connectivity index (χ3v) is 4.26. The molecule has 2 aromatic carbocycles. The molecule has 0 saturated heterocycles. The van der Waals surface area contributed by atoms with E-state index in [1.165, 1.54) is 0 Å². The Bertz CT molecular complexity index is 708. The van der Waals surface area contributed by atoms with Crippen molar-refractivity contribution >= 4 is 34.8 Å². The van der Waals surface area contributed by atoms with Crippen molar-refractivity contribution in [3.8, 4) is 11.5 Å². The standard InChI is InChI=1S/C18H20Cl3NO2.ClH/c1-11(2)22-9-12-6-16(21)18(17(7-12)23-3)24-10-13-4-5-14(19)8-15(13)20;/h4-8,11,22H,9-10H2,1-3H3;1H/p-1. The molecule has 0 spiro atoms. The molecule has 3 nitrogen and oxygen atoms in total. The van der Waals surface area contributed by atoms with E-state index >= 15 is 0 Å². The quantitative estimate of drug-likeness (QED) is 0.742. The molecule has 0 radical (unpaired) electrons. The average Bonchev–Trinajstić information content (AvgIpc) is 2.52. The van der Waals surface area contributed by atoms with Crippen molar-refractivity contribution in [1.82, 2.24) is 5.32 Å². The van der Waals surface area contributed by atoms with Gasteiger partial charge in [0.15, 0.2) is 11.5 Å². The second-order valence-corrected chi connectivity index (χ2v) is 6.92. The summed E-state index contributed by atoms with van der Waals surface area (Å²) < 4.78 is 11.3. The summed E-state index contributed by atoms with van der Waals surface area (Å²) in [5, 5.41) is 4.98. The Morgan fingerprint density at radius 1 is 1.04 bits per heavy atom. The monoisotopic (exact) mass is 422 g/mol. The molecule has 0 aliphatic heterocycles. The highest BCUT2D eigenvalue weighted by Gasteiger charge is 2.13. The van der Waals surface area contributed by atoms with Gasteiger partial charge in [-0.15, -0.1) is 0 Å². The second kappa shape index (κ2) is 10.3. The number of halogens is 4. The molecule has 0 fully saturated rings. The van der Waals surface area contributed by atoms with Crippen molar-refractivity contribution in [2.45, 2.75) is 33.0 Å². The van der Waals surface area contributed by atoms with Crippen LogP contribution in [0.5, 0.6) is 11.5 Å². The van der Waals surface area contributed by atoms with Gasteiger partial charge in [0.05, 0.1) is 12.1 Å². The van der Waals surface area contributed by atoms with Crippen molar-refractivity contribution in [3.05, 3.63) is 56.5 Å². The first-order chi connectivity index (χ1) is 11.4. The fourth-order valence-electron chi connectivity index (χ4n) is 2.13. The Morgan fingerprint density at radius 3 is 2.36 bits per heavy atom. The van der Waals surface area contributed by atoms with Crippen molar-refractivity contribution in [1.29, 1.82) is 0 Å². The van der Waals surface area contributed by atoms with Crippen LogP contribution in [-0.4, -0.2) is 13.2 Å². The van der Waals surface area contributed by atoms with E-state index in [-0.39, 0.29) is 19.0 Å². The second-order valence-electron chi connectivity index (χ2n) is 5.67. The lowest BCUT2D eigenvalue weighted by Gasteiger charge is -2.16. The van der Waals surface area contributed by atoms with E-state index in [1.807, 2.05) is 18.2 Å². The van der Waals surface area contributed by atoms with Crippen LogP contribution in [0.4, 0.5) is 0 Å². The van der Waals surface area contributed by atoms with Crippen LogP contribution in [0.3, 0.4) is 0 Å². The summed E-state index contributed by atoms with van der Waals surface area (Å²) in [6.07, 6.45) is 0. The predicted octanol–water partition coefficient (Wildman–Crippen LogP) is 2.74. The number of methoxy groups -OCH3 is 1. The van der Waals surface area contributed by atoms with Crippen molar-refractivity contribution < 1.29 is 21.9 Å². The number of benzene rings is 2. The van der Waals surface area contributed by atoms with Gasteiger partial charge in [0, 0.05) is 28.2 Å². The van der Waals surface area contributed by atoms with E-state index in [0.717, 1.165) is 11.1 Å². The summed E-state index contributed by atoms with van der Waals surface area (Å²) in [6, 6.07) is 9.45. The summed E-state index contributed by atoms with van der Waals surface area (Å²) in [4.78, 5) is 0. The van der Waals surface area contributed by atoms with Crippen LogP contribution in [0.2, 0.25) is 15.1 Å². The minimum Gasteiger partial charge on any atom is -1.00 e. The lowest BCUT2D eigenvalue weighted by Crippen LogP contribution is -3.00. The Kier molecular flexibility index (Phi) is 9.19. The van der Waals surface area contributed by atoms with Gasteiger partial charge in [-0.05, 0) is 29.8 Å². The number of rotatable bonds is 7. The summed E-state index contributed by atoms with van der Waals surface area (Å²) in [6.45, 7) is 5.16. The van der Waals surface area contributed by atoms with E-state index in [1.54, 1.807) is 19.2 Å². The highest BCUT2D eigenvalue weighted by molar-refractivity contribution is 6.35. The molecule has 1 N–H and O–H groups in total. The van der Waals surface area contributed by atoms with Gasteiger partial charge in [0.25, 0.3) is 0 Å². The molecule has 0 unspecified atom stereocenters. The maximum atomic E-state index is 6.37. The minimum absolute atomic E-state index is 0. The molecule has 0 saturated carbocycles. The van der Waals surface area contributed by atoms with E-state index in [2.05, 4.69) is 19.2 Å². The Morgan fingerprint density at radius 2 is 1.76 bits per heavy atom. The fourth-order valence-corrected chi connectivity index (χ4v) is 2.88. The zero-order valence-corrected chi connectivity index (χ0v) is 17.2. The van der Waals surface area contributed by atoms with Crippen LogP contribution in [0.25, 0.3) is 0 Å². The molecule has 138 valence electrons. The van der Waals surface area contributed by atoms with Gasteiger partial charge in [-0.25, -0.2) is 0 Å². The largest absolute Gasteiger partial charge is 1.00 e. The molecule has 2 rings (SSSR count). The first-order valence-electron chi connectivity index (χ1n) is 7.57. The zero-order valence-electron chi connectivity index (χ0n) is 14.2. The number of nitrogens with one attached hydrogen (secondary N) is 1. The SMILES string of the molecule is COc1cc(CNC(C)C)cc(Cl)c1OCc1ccc(Cl)cc1Cl.[Cl-]. The summed E-state index contributed by atoms with van der Waals surface area (Å²) >= 11 is 18.4. The molecule has 0 amide bonds. The van der Waals surface area contributed by atoms with E-state index in [4.69, 9.17) is 44.3 Å². The van der Waals surface area contributed by atoms with Gasteiger partial charge < -0.3 is 27.2 Å². The third kappa shape index (κ3) is 6.43. The van der Waals surface area contributed by atoms with Gasteiger partial charge >= 0.3 is 0 Å². The van der Waals surface area contributed by atoms with Gasteiger partial charge in [-0.1, -0.05) is 54.7 Å². The minimum atomic E-state index is 0. The highest BCUT2D eigenvalue weighted by atomic mass is 35.5. The average molecular weight is 424 g/mol. The maximum absolute atomic E-state index is 6.37. The lowest BCUT2D eigenvalue weighted by molar-refractivity contribution is -0.00000543. The molecule has 0 aliphatic carbocycles. The van der Waals surface area contributed by atoms with Crippen LogP contribution < -0.4 is 27.2 Å². The molecule has 25 heavy (non-hydrogen) atoms. The smallest absolute Gasteiger partial charge is 0.180 e. The van der Waals surface area contributed by atoms with Gasteiger partial charge in [0.1, 0.15) is 6.61 Å². The predicted molar refractivity (Wildman–Crippen MR) is 101 cm³/mol. The molecule has 0 aliphatic rings. The molecule has 0 heterocycles. The van der Waals surface area contributed by atoms with Crippen LogP contribution in [0.15, 0.2) is 30.3 Å². The summed E-state index contributed by atoms with van der Waals surface area (Å²) in [5.74, 6) is 1.09. The number of hydrogen-bond acceptors (Lipinski definition) is 3. The molecular weight excluding hydrogens is 404 g/mol. The molecule has 0 aromatic heterocycles. The number of hydrogen-bond donors (Lipinski definition) is 1. The topological polar surface area (TPSA) is 30.5 Å². The van der Waals surface area contributed by atoms with Crippen LogP contribution in [0, 0.1) is 0 Å². The zero-order chi connectivity index (χ0) is 17.7. The Hall–Kier alpha value is -0.840. The Balaban J connectivity index is 0.00000312. The number of ether oxygens (including phenoxy) is 2. The van der Waals surface area contributed by atoms with Crippen LogP contribution in [-0.2, 0) is 13.2 Å². The van der Waals surface area contributed by atoms with Gasteiger partial charge in [-0.2, -0.15) is 0 Å². The van der Waals surface area contributed by atoms with Crippen molar-refractivity contribution in [2.24, 2.45) is 0 Å². The lowest BCUT2D eigenvalue weighted by atomic mass is 10.2. The fraction of sp³-hybridized carbons (Fsp3) is 0.333. The normalized spacial score (nSPS) is 10.5. The van der Waals surface area contributed by atoms with E-state index in [0.29, 0.717) is 39.2 Å². The highest BCUT2D eigenvalue weighted by Crippen LogP contribution is 2.37. The van der Waals surface area contributed by atoms with Crippen molar-refractivity contribution in [3.63, 3.8) is 0 Å². The summed E-state index contributed by atoms with van der Waals surface area (Å²) in [7, 11) is 1.59. The van der Waals surface area contributed by atoms with E-state index in [9.17, 15) is 0 Å². The molecular formula is C18H20Cl4NO2-. The first-order valence-corrected chi connectivity index (χ1v) is 8.70. The van der Waals surface area contributed by atoms with Gasteiger partial charge in [0.2, 0.25) is 0 Å². The first kappa shape index (κ1) is 22.2. The van der Waals surface area contributed by atoms with Crippen molar-refractivity contribution in [2.75, 3.05) is 7.11 Å². The van der Waals surface area contributed by atoms with Crippen LogP contribution >= 0.6 is 34.8 Å². The van der Waals surface area contributed by atoms with Gasteiger partial charge in [-0.3, -0.25) is 0 Å². The maximum Gasteiger partial charge on any atom is 0.180 e. The molecule has 0 bridgehead atoms. The Labute approximate surface area is 170 Å². The third-order valence-electron chi connectivity index (χ3n) is 3.39. The van der Waals surface area contributed by atoms with E-state index < -0.39 is 0 Å². The molecule has 2 aromatic rings. The summed E-state index contributed by atoms with van der Waals surface area (Å²) in [5.41, 5.74) is 1.85. The molecule has 7 heteroatoms.